The molecule has 2 fully saturated rings. The Balaban J connectivity index is 1.67. The van der Waals surface area contributed by atoms with E-state index in [2.05, 4.69) is 28.1 Å². The minimum absolute atomic E-state index is 0.659. The van der Waals surface area contributed by atoms with Crippen LogP contribution in [-0.2, 0) is 0 Å². The molecule has 0 aliphatic heterocycles. The first-order valence-electron chi connectivity index (χ1n) is 7.07. The zero-order valence-corrected chi connectivity index (χ0v) is 13.0. The van der Waals surface area contributed by atoms with Crippen LogP contribution in [0.4, 0.5) is 0 Å². The number of alkyl halides is 1. The highest BCUT2D eigenvalue weighted by Crippen LogP contribution is 2.51. The third kappa shape index (κ3) is 2.63. The third-order valence-electron chi connectivity index (χ3n) is 5.00. The van der Waals surface area contributed by atoms with E-state index in [4.69, 9.17) is 11.6 Å². The maximum atomic E-state index is 5.97. The van der Waals surface area contributed by atoms with Crippen molar-refractivity contribution in [2.24, 2.45) is 17.8 Å². The van der Waals surface area contributed by atoms with Gasteiger partial charge in [-0.25, -0.2) is 0 Å². The molecule has 0 radical (unpaired) electrons. The van der Waals surface area contributed by atoms with E-state index in [-0.39, 0.29) is 0 Å². The summed E-state index contributed by atoms with van der Waals surface area (Å²) < 4.78 is 0. The number of hydrogen-bond donors (Lipinski definition) is 0. The van der Waals surface area contributed by atoms with Gasteiger partial charge in [-0.05, 0) is 67.1 Å². The summed E-state index contributed by atoms with van der Waals surface area (Å²) in [5, 5.41) is 1.91. The van der Waals surface area contributed by atoms with Gasteiger partial charge in [0.2, 0.25) is 0 Å². The highest BCUT2D eigenvalue weighted by molar-refractivity contribution is 9.09. The number of fused-ring (bicyclic) bond motifs is 2. The number of rotatable bonds is 4. The molecule has 18 heavy (non-hydrogen) atoms. The standard InChI is InChI=1S/C16H20BrCl/c17-10-15(12-3-5-16(18)6-4-12)9-14-8-11-1-2-13(14)7-11/h3-6,11,13-15H,1-2,7-10H2. The van der Waals surface area contributed by atoms with Gasteiger partial charge >= 0.3 is 0 Å². The van der Waals surface area contributed by atoms with Crippen LogP contribution in [0.2, 0.25) is 5.02 Å². The second-order valence-corrected chi connectivity index (χ2v) is 7.16. The maximum Gasteiger partial charge on any atom is 0.0406 e. The molecule has 0 heterocycles. The van der Waals surface area contributed by atoms with Crippen molar-refractivity contribution >= 4 is 27.5 Å². The van der Waals surface area contributed by atoms with E-state index in [1.54, 1.807) is 0 Å². The molecule has 4 atom stereocenters. The minimum atomic E-state index is 0.659. The third-order valence-corrected chi connectivity index (χ3v) is 6.03. The minimum Gasteiger partial charge on any atom is -0.0921 e. The lowest BCUT2D eigenvalue weighted by molar-refractivity contribution is 0.301. The van der Waals surface area contributed by atoms with Crippen molar-refractivity contribution in [3.05, 3.63) is 34.9 Å². The van der Waals surface area contributed by atoms with Gasteiger partial charge < -0.3 is 0 Å². The largest absolute Gasteiger partial charge is 0.0921 e. The Morgan fingerprint density at radius 1 is 1.17 bits per heavy atom. The van der Waals surface area contributed by atoms with Crippen molar-refractivity contribution < 1.29 is 0 Å². The van der Waals surface area contributed by atoms with E-state index >= 15 is 0 Å². The summed E-state index contributed by atoms with van der Waals surface area (Å²) in [5.41, 5.74) is 1.44. The van der Waals surface area contributed by atoms with E-state index in [1.807, 2.05) is 12.1 Å². The van der Waals surface area contributed by atoms with Gasteiger partial charge in [0.15, 0.2) is 0 Å². The van der Waals surface area contributed by atoms with Crippen molar-refractivity contribution in [1.29, 1.82) is 0 Å². The topological polar surface area (TPSA) is 0 Å². The molecule has 2 saturated carbocycles. The molecule has 2 heteroatoms. The normalized spacial score (nSPS) is 31.8. The smallest absolute Gasteiger partial charge is 0.0406 e. The first-order valence-corrected chi connectivity index (χ1v) is 8.57. The molecule has 0 spiro atoms. The van der Waals surface area contributed by atoms with Crippen LogP contribution in [0.5, 0.6) is 0 Å². The predicted molar refractivity (Wildman–Crippen MR) is 81.5 cm³/mol. The first kappa shape index (κ1) is 13.0. The van der Waals surface area contributed by atoms with Crippen LogP contribution in [0.1, 0.15) is 43.6 Å². The Hall–Kier alpha value is -0.0100. The molecule has 2 aliphatic rings. The molecule has 0 nitrogen and oxygen atoms in total. The first-order chi connectivity index (χ1) is 8.76. The molecule has 1 aromatic rings. The zero-order chi connectivity index (χ0) is 12.5. The van der Waals surface area contributed by atoms with Crippen LogP contribution in [0.25, 0.3) is 0 Å². The van der Waals surface area contributed by atoms with Gasteiger partial charge in [0.05, 0.1) is 0 Å². The lowest BCUT2D eigenvalue weighted by Gasteiger charge is -2.26. The van der Waals surface area contributed by atoms with Crippen molar-refractivity contribution in [2.45, 2.75) is 38.0 Å². The van der Waals surface area contributed by atoms with Crippen molar-refractivity contribution in [3.63, 3.8) is 0 Å². The Morgan fingerprint density at radius 3 is 2.50 bits per heavy atom. The van der Waals surface area contributed by atoms with Crippen LogP contribution in [0, 0.1) is 17.8 Å². The van der Waals surface area contributed by atoms with Crippen molar-refractivity contribution in [2.75, 3.05) is 5.33 Å². The molecule has 4 unspecified atom stereocenters. The quantitative estimate of drug-likeness (QED) is 0.627. The summed E-state index contributed by atoms with van der Waals surface area (Å²) in [4.78, 5) is 0. The van der Waals surface area contributed by atoms with Gasteiger partial charge in [0.25, 0.3) is 0 Å². The Bertz CT molecular complexity index is 400. The highest BCUT2D eigenvalue weighted by Gasteiger charge is 2.40. The van der Waals surface area contributed by atoms with Crippen LogP contribution < -0.4 is 0 Å². The van der Waals surface area contributed by atoms with Gasteiger partial charge in [-0.3, -0.25) is 0 Å². The van der Waals surface area contributed by atoms with E-state index in [1.165, 1.54) is 37.7 Å². The summed E-state index contributed by atoms with van der Waals surface area (Å²) in [6.45, 7) is 0. The van der Waals surface area contributed by atoms with E-state index in [0.717, 1.165) is 28.1 Å². The van der Waals surface area contributed by atoms with Crippen LogP contribution >= 0.6 is 27.5 Å². The number of benzene rings is 1. The zero-order valence-electron chi connectivity index (χ0n) is 10.6. The average Bonchev–Trinajstić information content (AvgIpc) is 2.99. The lowest BCUT2D eigenvalue weighted by atomic mass is 9.81. The fraction of sp³-hybridized carbons (Fsp3) is 0.625. The summed E-state index contributed by atoms with van der Waals surface area (Å²) in [7, 11) is 0. The molecular weight excluding hydrogens is 308 g/mol. The number of hydrogen-bond acceptors (Lipinski definition) is 0. The fourth-order valence-corrected chi connectivity index (χ4v) is 4.82. The summed E-state index contributed by atoms with van der Waals surface area (Å²) in [6, 6.07) is 8.43. The van der Waals surface area contributed by atoms with Gasteiger partial charge in [-0.2, -0.15) is 0 Å². The fourth-order valence-electron chi connectivity index (χ4n) is 4.05. The monoisotopic (exact) mass is 326 g/mol. The highest BCUT2D eigenvalue weighted by atomic mass is 79.9. The molecule has 0 saturated heterocycles. The van der Waals surface area contributed by atoms with E-state index in [0.29, 0.717) is 5.92 Å². The van der Waals surface area contributed by atoms with Crippen LogP contribution in [0.3, 0.4) is 0 Å². The average molecular weight is 328 g/mol. The molecule has 0 aromatic heterocycles. The van der Waals surface area contributed by atoms with Gasteiger partial charge in [0.1, 0.15) is 0 Å². The lowest BCUT2D eigenvalue weighted by Crippen LogP contribution is -2.15. The summed E-state index contributed by atoms with van der Waals surface area (Å²) in [6.07, 6.45) is 7.35. The maximum absolute atomic E-state index is 5.97. The SMILES string of the molecule is Clc1ccc(C(CBr)CC2CC3CCC2C3)cc1. The second kappa shape index (κ2) is 5.54. The molecule has 98 valence electrons. The van der Waals surface area contributed by atoms with Crippen LogP contribution in [0.15, 0.2) is 24.3 Å². The Kier molecular flexibility index (Phi) is 4.00. The summed E-state index contributed by atoms with van der Waals surface area (Å²) in [5.74, 6) is 3.72. The molecule has 3 rings (SSSR count). The van der Waals surface area contributed by atoms with Crippen molar-refractivity contribution in [3.8, 4) is 0 Å². The van der Waals surface area contributed by atoms with Gasteiger partial charge in [-0.1, -0.05) is 46.1 Å². The Morgan fingerprint density at radius 2 is 1.94 bits per heavy atom. The van der Waals surface area contributed by atoms with E-state index < -0.39 is 0 Å². The van der Waals surface area contributed by atoms with Gasteiger partial charge in [-0.15, -0.1) is 0 Å². The predicted octanol–water partition coefficient (Wildman–Crippen LogP) is 5.64. The molecular formula is C16H20BrCl. The van der Waals surface area contributed by atoms with E-state index in [9.17, 15) is 0 Å². The molecule has 0 amide bonds. The molecule has 1 aromatic carbocycles. The molecule has 2 bridgehead atoms. The molecule has 2 aliphatic carbocycles. The number of halogens is 2. The van der Waals surface area contributed by atoms with Crippen molar-refractivity contribution in [1.82, 2.24) is 0 Å². The second-order valence-electron chi connectivity index (χ2n) is 6.07. The van der Waals surface area contributed by atoms with Crippen LogP contribution in [-0.4, -0.2) is 5.33 Å². The van der Waals surface area contributed by atoms with Gasteiger partial charge in [0, 0.05) is 10.4 Å². The molecule has 0 N–H and O–H groups in total. The Labute approximate surface area is 123 Å². The summed E-state index contributed by atoms with van der Waals surface area (Å²) >= 11 is 9.67.